The van der Waals surface area contributed by atoms with E-state index in [0.717, 1.165) is 0 Å². The summed E-state index contributed by atoms with van der Waals surface area (Å²) in [6, 6.07) is 8.23. The van der Waals surface area contributed by atoms with Gasteiger partial charge in [0.15, 0.2) is 0 Å². The number of aromatic nitrogens is 2. The highest BCUT2D eigenvalue weighted by molar-refractivity contribution is 6.42. The fourth-order valence-corrected chi connectivity index (χ4v) is 2.89. The third-order valence-electron chi connectivity index (χ3n) is 4.03. The number of benzene rings is 2. The number of hydrogen-bond acceptors (Lipinski definition) is 4. The molecule has 26 heavy (non-hydrogen) atoms. The first kappa shape index (κ1) is 18.2. The number of ether oxygens (including phenoxy) is 1. The normalized spacial score (nSPS) is 10.8. The summed E-state index contributed by atoms with van der Waals surface area (Å²) in [6.07, 6.45) is 0. The maximum absolute atomic E-state index is 11.9. The van der Waals surface area contributed by atoms with Crippen LogP contribution in [0.1, 0.15) is 17.3 Å². The lowest BCUT2D eigenvalue weighted by Gasteiger charge is -2.19. The van der Waals surface area contributed by atoms with Crippen LogP contribution in [0.4, 0.5) is 5.69 Å². The molecule has 0 radical (unpaired) electrons. The van der Waals surface area contributed by atoms with Crippen LogP contribution in [0.15, 0.2) is 30.3 Å². The first-order chi connectivity index (χ1) is 12.3. The first-order valence-corrected chi connectivity index (χ1v) is 8.39. The van der Waals surface area contributed by atoms with Gasteiger partial charge in [-0.25, -0.2) is 9.78 Å². The van der Waals surface area contributed by atoms with Gasteiger partial charge in [-0.05, 0) is 30.3 Å². The zero-order valence-corrected chi connectivity index (χ0v) is 15.8. The predicted molar refractivity (Wildman–Crippen MR) is 102 cm³/mol. The van der Waals surface area contributed by atoms with Gasteiger partial charge in [-0.1, -0.05) is 23.2 Å². The molecule has 3 aromatic rings. The van der Waals surface area contributed by atoms with E-state index in [1.807, 2.05) is 0 Å². The summed E-state index contributed by atoms with van der Waals surface area (Å²) >= 11 is 12.1. The number of hydrogen-bond donors (Lipinski definition) is 1. The van der Waals surface area contributed by atoms with Gasteiger partial charge in [0.05, 0.1) is 39.4 Å². The first-order valence-electron chi connectivity index (χ1n) is 7.63. The average Bonchev–Trinajstić information content (AvgIpc) is 3.02. The molecule has 0 saturated heterocycles. The van der Waals surface area contributed by atoms with Crippen LogP contribution in [0, 0.1) is 0 Å². The maximum atomic E-state index is 11.9. The number of carbonyl (C=O) groups is 2. The average molecular weight is 392 g/mol. The van der Waals surface area contributed by atoms with Crippen molar-refractivity contribution in [1.82, 2.24) is 9.97 Å². The van der Waals surface area contributed by atoms with Gasteiger partial charge in [-0.3, -0.25) is 4.79 Å². The topological polar surface area (TPSA) is 75.3 Å². The van der Waals surface area contributed by atoms with E-state index >= 15 is 0 Å². The van der Waals surface area contributed by atoms with Crippen LogP contribution in [-0.4, -0.2) is 36.0 Å². The number of amides is 1. The number of carbonyl (C=O) groups excluding carboxylic acids is 2. The summed E-state index contributed by atoms with van der Waals surface area (Å²) in [4.78, 5) is 32.9. The highest BCUT2D eigenvalue weighted by Crippen LogP contribution is 2.33. The number of H-pyrrole nitrogens is 1. The molecule has 8 heteroatoms. The van der Waals surface area contributed by atoms with Crippen LogP contribution < -0.4 is 4.90 Å². The summed E-state index contributed by atoms with van der Waals surface area (Å²) < 4.78 is 4.78. The Bertz CT molecular complexity index is 991. The lowest BCUT2D eigenvalue weighted by Crippen LogP contribution is -2.23. The molecule has 2 aromatic carbocycles. The van der Waals surface area contributed by atoms with Crippen molar-refractivity contribution in [1.29, 1.82) is 0 Å². The molecule has 0 atom stereocenters. The SMILES string of the molecule is COC(=O)c1ccc(N(C)C(C)=O)c(-c2nc3cc(Cl)c(Cl)cc3[nH]2)c1. The van der Waals surface area contributed by atoms with Crippen molar-refractivity contribution >= 4 is 51.8 Å². The minimum Gasteiger partial charge on any atom is -0.465 e. The standard InChI is InChI=1S/C18H15Cl2N3O3/c1-9(24)23(2)16-5-4-10(18(25)26-3)6-11(16)17-21-14-7-12(19)13(20)8-15(14)22-17/h4-8H,1-3H3,(H,21,22). The minimum absolute atomic E-state index is 0.153. The second-order valence-electron chi connectivity index (χ2n) is 5.67. The van der Waals surface area contributed by atoms with E-state index in [1.165, 1.54) is 18.9 Å². The van der Waals surface area contributed by atoms with Crippen molar-refractivity contribution in [2.24, 2.45) is 0 Å². The number of aromatic amines is 1. The molecular weight excluding hydrogens is 377 g/mol. The predicted octanol–water partition coefficient (Wildman–Crippen LogP) is 4.31. The number of methoxy groups -OCH3 is 1. The maximum Gasteiger partial charge on any atom is 0.337 e. The number of fused-ring (bicyclic) bond motifs is 1. The highest BCUT2D eigenvalue weighted by atomic mass is 35.5. The Hall–Kier alpha value is -2.57. The van der Waals surface area contributed by atoms with Gasteiger partial charge in [0.25, 0.3) is 0 Å². The van der Waals surface area contributed by atoms with Gasteiger partial charge in [-0.2, -0.15) is 0 Å². The Morgan fingerprint density at radius 2 is 1.85 bits per heavy atom. The molecule has 6 nitrogen and oxygen atoms in total. The summed E-state index contributed by atoms with van der Waals surface area (Å²) in [5.74, 6) is -0.156. The number of esters is 1. The van der Waals surface area contributed by atoms with Crippen molar-refractivity contribution in [3.63, 3.8) is 0 Å². The summed E-state index contributed by atoms with van der Waals surface area (Å²) in [6.45, 7) is 1.45. The van der Waals surface area contributed by atoms with Gasteiger partial charge in [0.1, 0.15) is 5.82 Å². The molecule has 0 bridgehead atoms. The Morgan fingerprint density at radius 3 is 2.50 bits per heavy atom. The van der Waals surface area contributed by atoms with Gasteiger partial charge in [-0.15, -0.1) is 0 Å². The zero-order valence-electron chi connectivity index (χ0n) is 14.3. The van der Waals surface area contributed by atoms with Crippen LogP contribution >= 0.6 is 23.2 Å². The number of nitrogens with one attached hydrogen (secondary N) is 1. The number of nitrogens with zero attached hydrogens (tertiary/aromatic N) is 2. The van der Waals surface area contributed by atoms with Gasteiger partial charge >= 0.3 is 5.97 Å². The third-order valence-corrected chi connectivity index (χ3v) is 4.75. The van der Waals surface area contributed by atoms with Crippen molar-refractivity contribution in [2.75, 3.05) is 19.1 Å². The molecule has 3 rings (SSSR count). The number of anilines is 1. The third kappa shape index (κ3) is 3.25. The lowest BCUT2D eigenvalue weighted by molar-refractivity contribution is -0.116. The molecule has 0 fully saturated rings. The summed E-state index contributed by atoms with van der Waals surface area (Å²) in [5.41, 5.74) is 2.83. The van der Waals surface area contributed by atoms with Crippen LogP contribution in [0.3, 0.4) is 0 Å². The molecule has 1 heterocycles. The van der Waals surface area contributed by atoms with E-state index in [9.17, 15) is 9.59 Å². The van der Waals surface area contributed by atoms with Crippen molar-refractivity contribution in [3.8, 4) is 11.4 Å². The Kier molecular flexibility index (Phi) is 4.89. The van der Waals surface area contributed by atoms with Gasteiger partial charge in [0, 0.05) is 19.5 Å². The molecule has 0 aliphatic rings. The molecule has 0 aliphatic heterocycles. The molecule has 1 aromatic heterocycles. The largest absolute Gasteiger partial charge is 0.465 e. The highest BCUT2D eigenvalue weighted by Gasteiger charge is 2.19. The fourth-order valence-electron chi connectivity index (χ4n) is 2.57. The molecular formula is C18H15Cl2N3O3. The quantitative estimate of drug-likeness (QED) is 0.675. The van der Waals surface area contributed by atoms with E-state index in [2.05, 4.69) is 9.97 Å². The number of rotatable bonds is 3. The molecule has 134 valence electrons. The Balaban J connectivity index is 2.23. The fraction of sp³-hybridized carbons (Fsp3) is 0.167. The summed E-state index contributed by atoms with van der Waals surface area (Å²) in [7, 11) is 2.96. The second-order valence-corrected chi connectivity index (χ2v) is 6.48. The molecule has 0 spiro atoms. The van der Waals surface area contributed by atoms with Crippen molar-refractivity contribution in [2.45, 2.75) is 6.92 Å². The van der Waals surface area contributed by atoms with E-state index < -0.39 is 5.97 Å². The number of imidazole rings is 1. The number of halogens is 2. The smallest absolute Gasteiger partial charge is 0.337 e. The van der Waals surface area contributed by atoms with E-state index in [0.29, 0.717) is 43.7 Å². The molecule has 1 N–H and O–H groups in total. The monoisotopic (exact) mass is 391 g/mol. The van der Waals surface area contributed by atoms with Crippen LogP contribution in [-0.2, 0) is 9.53 Å². The Morgan fingerprint density at radius 1 is 1.15 bits per heavy atom. The minimum atomic E-state index is -0.481. The summed E-state index contributed by atoms with van der Waals surface area (Å²) in [5, 5.41) is 0.792. The van der Waals surface area contributed by atoms with Crippen LogP contribution in [0.5, 0.6) is 0 Å². The molecule has 0 unspecified atom stereocenters. The molecule has 0 aliphatic carbocycles. The molecule has 0 saturated carbocycles. The van der Waals surface area contributed by atoms with Crippen LogP contribution in [0.25, 0.3) is 22.4 Å². The van der Waals surface area contributed by atoms with E-state index in [4.69, 9.17) is 27.9 Å². The van der Waals surface area contributed by atoms with Gasteiger partial charge in [0.2, 0.25) is 5.91 Å². The zero-order chi connectivity index (χ0) is 19.0. The second kappa shape index (κ2) is 6.97. The van der Waals surface area contributed by atoms with Crippen LogP contribution in [0.2, 0.25) is 10.0 Å². The molecule has 1 amide bonds. The van der Waals surface area contributed by atoms with E-state index in [-0.39, 0.29) is 5.91 Å². The van der Waals surface area contributed by atoms with Gasteiger partial charge < -0.3 is 14.6 Å². The van der Waals surface area contributed by atoms with E-state index in [1.54, 1.807) is 37.4 Å². The van der Waals surface area contributed by atoms with Crippen molar-refractivity contribution in [3.05, 3.63) is 45.9 Å². The van der Waals surface area contributed by atoms with Crippen molar-refractivity contribution < 1.29 is 14.3 Å². The lowest BCUT2D eigenvalue weighted by atomic mass is 10.1. The Labute approximate surface area is 159 Å².